The second-order valence-corrected chi connectivity index (χ2v) is 4.97. The fourth-order valence-corrected chi connectivity index (χ4v) is 1.78. The number of benzene rings is 1. The third-order valence-corrected chi connectivity index (χ3v) is 2.73. The normalized spacial score (nSPS) is 11.4. The Balaban J connectivity index is 0.00000242. The van der Waals surface area contributed by atoms with Crippen molar-refractivity contribution in [1.82, 2.24) is 10.3 Å². The van der Waals surface area contributed by atoms with Gasteiger partial charge in [0.25, 0.3) is 0 Å². The van der Waals surface area contributed by atoms with Gasteiger partial charge in [-0.2, -0.15) is 0 Å². The predicted molar refractivity (Wildman–Crippen MR) is 95.8 cm³/mol. The van der Waals surface area contributed by atoms with Crippen molar-refractivity contribution in [3.05, 3.63) is 42.0 Å². The van der Waals surface area contributed by atoms with Crippen LogP contribution in [0.3, 0.4) is 0 Å². The highest BCUT2D eigenvalue weighted by molar-refractivity contribution is 14.0. The molecule has 0 bridgehead atoms. The minimum atomic E-state index is -0.284. The largest absolute Gasteiger partial charge is 0.444 e. The van der Waals surface area contributed by atoms with E-state index in [-0.39, 0.29) is 35.8 Å². The molecule has 1 aromatic heterocycles. The number of hydrogen-bond donors (Lipinski definition) is 2. The molecule has 22 heavy (non-hydrogen) atoms. The Morgan fingerprint density at radius 3 is 2.68 bits per heavy atom. The standard InChI is InChI=1S/C15H19FN4O.HI/c1-10(2)19-15(17)18-8-7-13-9-21-14(20-13)11-3-5-12(16)6-4-11;/h3-6,9-10H,7-8H2,1-2H3,(H3,17,18,19);1H. The van der Waals surface area contributed by atoms with Gasteiger partial charge in [-0.3, -0.25) is 4.99 Å². The third kappa shape index (κ3) is 5.63. The highest BCUT2D eigenvalue weighted by Crippen LogP contribution is 2.19. The Morgan fingerprint density at radius 2 is 2.05 bits per heavy atom. The minimum absolute atomic E-state index is 0. The number of aliphatic imine (C=N–C) groups is 1. The lowest BCUT2D eigenvalue weighted by atomic mass is 10.2. The average molecular weight is 418 g/mol. The first kappa shape index (κ1) is 18.4. The number of guanidine groups is 1. The van der Waals surface area contributed by atoms with Gasteiger partial charge in [-0.25, -0.2) is 9.37 Å². The van der Waals surface area contributed by atoms with Crippen LogP contribution in [0, 0.1) is 5.82 Å². The zero-order chi connectivity index (χ0) is 15.2. The minimum Gasteiger partial charge on any atom is -0.444 e. The van der Waals surface area contributed by atoms with Gasteiger partial charge in [0.15, 0.2) is 5.96 Å². The van der Waals surface area contributed by atoms with Gasteiger partial charge in [0, 0.05) is 24.6 Å². The number of nitrogens with zero attached hydrogens (tertiary/aromatic N) is 2. The lowest BCUT2D eigenvalue weighted by Crippen LogP contribution is -2.36. The molecule has 0 amide bonds. The summed E-state index contributed by atoms with van der Waals surface area (Å²) in [6, 6.07) is 6.27. The van der Waals surface area contributed by atoms with Gasteiger partial charge in [-0.1, -0.05) is 0 Å². The Morgan fingerprint density at radius 1 is 1.36 bits per heavy atom. The maximum Gasteiger partial charge on any atom is 0.226 e. The van der Waals surface area contributed by atoms with E-state index in [4.69, 9.17) is 10.2 Å². The molecule has 0 spiro atoms. The molecule has 2 aromatic rings. The molecular formula is C15H20FIN4O. The maximum absolute atomic E-state index is 12.9. The number of nitrogens with one attached hydrogen (secondary N) is 1. The lowest BCUT2D eigenvalue weighted by molar-refractivity contribution is 0.572. The van der Waals surface area contributed by atoms with Crippen molar-refractivity contribution in [2.24, 2.45) is 10.7 Å². The summed E-state index contributed by atoms with van der Waals surface area (Å²) in [6.07, 6.45) is 2.21. The van der Waals surface area contributed by atoms with Crippen LogP contribution in [0.15, 0.2) is 39.9 Å². The molecule has 0 aliphatic heterocycles. The summed E-state index contributed by atoms with van der Waals surface area (Å²) in [4.78, 5) is 8.55. The SMILES string of the molecule is CC(C)NC(N)=NCCc1coc(-c2ccc(F)cc2)n1.I. The second-order valence-electron chi connectivity index (χ2n) is 4.97. The van der Waals surface area contributed by atoms with Crippen molar-refractivity contribution in [2.75, 3.05) is 6.54 Å². The second kappa shape index (κ2) is 8.72. The number of rotatable bonds is 5. The van der Waals surface area contributed by atoms with E-state index in [2.05, 4.69) is 15.3 Å². The van der Waals surface area contributed by atoms with Crippen LogP contribution in [0.4, 0.5) is 4.39 Å². The molecule has 0 radical (unpaired) electrons. The van der Waals surface area contributed by atoms with Gasteiger partial charge in [0.2, 0.25) is 5.89 Å². The summed E-state index contributed by atoms with van der Waals surface area (Å²) >= 11 is 0. The summed E-state index contributed by atoms with van der Waals surface area (Å²) in [5.74, 6) is 0.613. The topological polar surface area (TPSA) is 76.4 Å². The van der Waals surface area contributed by atoms with Crippen molar-refractivity contribution >= 4 is 29.9 Å². The molecule has 2 rings (SSSR count). The highest BCUT2D eigenvalue weighted by Gasteiger charge is 2.06. The van der Waals surface area contributed by atoms with Crippen molar-refractivity contribution < 1.29 is 8.81 Å². The first-order valence-electron chi connectivity index (χ1n) is 6.81. The van der Waals surface area contributed by atoms with Crippen LogP contribution in [-0.2, 0) is 6.42 Å². The van der Waals surface area contributed by atoms with Crippen molar-refractivity contribution in [1.29, 1.82) is 0 Å². The van der Waals surface area contributed by atoms with E-state index in [1.807, 2.05) is 13.8 Å². The van der Waals surface area contributed by atoms with Gasteiger partial charge in [-0.15, -0.1) is 24.0 Å². The molecule has 0 saturated carbocycles. The van der Waals surface area contributed by atoms with Crippen LogP contribution < -0.4 is 11.1 Å². The molecule has 0 unspecified atom stereocenters. The summed E-state index contributed by atoms with van der Waals surface area (Å²) in [5.41, 5.74) is 7.24. The number of oxazole rings is 1. The maximum atomic E-state index is 12.9. The van der Waals surface area contributed by atoms with Gasteiger partial charge < -0.3 is 15.5 Å². The molecule has 1 aromatic carbocycles. The summed E-state index contributed by atoms with van der Waals surface area (Å²) in [6.45, 7) is 4.52. The highest BCUT2D eigenvalue weighted by atomic mass is 127. The third-order valence-electron chi connectivity index (χ3n) is 2.73. The van der Waals surface area contributed by atoms with E-state index >= 15 is 0 Å². The van der Waals surface area contributed by atoms with Crippen LogP contribution in [0.2, 0.25) is 0 Å². The average Bonchev–Trinajstić information content (AvgIpc) is 2.87. The van der Waals surface area contributed by atoms with Crippen molar-refractivity contribution in [2.45, 2.75) is 26.3 Å². The number of hydrogen-bond acceptors (Lipinski definition) is 3. The summed E-state index contributed by atoms with van der Waals surface area (Å²) in [5, 5.41) is 3.01. The molecule has 0 atom stereocenters. The Hall–Kier alpha value is -1.64. The van der Waals surface area contributed by atoms with Crippen LogP contribution >= 0.6 is 24.0 Å². The fourth-order valence-electron chi connectivity index (χ4n) is 1.78. The predicted octanol–water partition coefficient (Wildman–Crippen LogP) is 2.95. The Bertz CT molecular complexity index is 610. The van der Waals surface area contributed by atoms with E-state index in [0.717, 1.165) is 11.3 Å². The summed E-state index contributed by atoms with van der Waals surface area (Å²) in [7, 11) is 0. The molecule has 0 fully saturated rings. The van der Waals surface area contributed by atoms with Crippen LogP contribution in [0.5, 0.6) is 0 Å². The Labute approximate surface area is 146 Å². The van der Waals surface area contributed by atoms with E-state index in [1.54, 1.807) is 18.4 Å². The molecule has 0 saturated heterocycles. The fraction of sp³-hybridized carbons (Fsp3) is 0.333. The monoisotopic (exact) mass is 418 g/mol. The summed E-state index contributed by atoms with van der Waals surface area (Å²) < 4.78 is 18.2. The van der Waals surface area contributed by atoms with Crippen LogP contribution in [0.25, 0.3) is 11.5 Å². The van der Waals surface area contributed by atoms with E-state index in [1.165, 1.54) is 12.1 Å². The van der Waals surface area contributed by atoms with Gasteiger partial charge in [0.1, 0.15) is 12.1 Å². The zero-order valence-electron chi connectivity index (χ0n) is 12.5. The van der Waals surface area contributed by atoms with Crippen LogP contribution in [-0.4, -0.2) is 23.5 Å². The van der Waals surface area contributed by atoms with Crippen molar-refractivity contribution in [3.63, 3.8) is 0 Å². The molecule has 0 aliphatic rings. The van der Waals surface area contributed by atoms with E-state index in [0.29, 0.717) is 24.8 Å². The molecule has 120 valence electrons. The number of halogens is 2. The smallest absolute Gasteiger partial charge is 0.226 e. The molecule has 0 aliphatic carbocycles. The number of aromatic nitrogens is 1. The first-order valence-corrected chi connectivity index (χ1v) is 6.81. The van der Waals surface area contributed by atoms with Crippen molar-refractivity contribution in [3.8, 4) is 11.5 Å². The van der Waals surface area contributed by atoms with Gasteiger partial charge >= 0.3 is 0 Å². The van der Waals surface area contributed by atoms with Gasteiger partial charge in [-0.05, 0) is 38.1 Å². The molecule has 5 nitrogen and oxygen atoms in total. The van der Waals surface area contributed by atoms with Crippen LogP contribution in [0.1, 0.15) is 19.5 Å². The molecule has 7 heteroatoms. The Kier molecular flexibility index (Phi) is 7.30. The molecule has 1 heterocycles. The van der Waals surface area contributed by atoms with E-state index in [9.17, 15) is 4.39 Å². The first-order chi connectivity index (χ1) is 10.0. The lowest BCUT2D eigenvalue weighted by Gasteiger charge is -2.07. The quantitative estimate of drug-likeness (QED) is 0.445. The molecular weight excluding hydrogens is 398 g/mol. The van der Waals surface area contributed by atoms with Gasteiger partial charge in [0.05, 0.1) is 5.69 Å². The zero-order valence-corrected chi connectivity index (χ0v) is 14.9. The van der Waals surface area contributed by atoms with E-state index < -0.39 is 0 Å². The molecule has 3 N–H and O–H groups in total. The number of nitrogens with two attached hydrogens (primary N) is 1.